The Morgan fingerprint density at radius 3 is 1.78 bits per heavy atom. The Hall–Kier alpha value is -3.54. The summed E-state index contributed by atoms with van der Waals surface area (Å²) in [6.07, 6.45) is 4.46. The van der Waals surface area contributed by atoms with Crippen molar-refractivity contribution < 1.29 is 4.79 Å². The highest BCUT2D eigenvalue weighted by Gasteiger charge is 2.19. The molecule has 198 valence electrons. The molecule has 0 heterocycles. The van der Waals surface area contributed by atoms with Gasteiger partial charge >= 0.3 is 0 Å². The number of ketones is 1. The van der Waals surface area contributed by atoms with Crippen LogP contribution in [0.4, 0.5) is 22.7 Å². The number of hydrogen-bond acceptors (Lipinski definition) is 6. The molecule has 0 radical (unpaired) electrons. The van der Waals surface area contributed by atoms with E-state index in [-0.39, 0.29) is 5.78 Å². The summed E-state index contributed by atoms with van der Waals surface area (Å²) in [4.78, 5) is 22.6. The summed E-state index contributed by atoms with van der Waals surface area (Å²) in [7, 11) is 0. The van der Waals surface area contributed by atoms with E-state index in [1.165, 1.54) is 11.4 Å². The van der Waals surface area contributed by atoms with Gasteiger partial charge in [0, 0.05) is 54.9 Å². The lowest BCUT2D eigenvalue weighted by atomic mass is 10.0. The molecule has 6 heteroatoms. The fraction of sp³-hybridized carbons (Fsp3) is 0.419. The fourth-order valence-electron chi connectivity index (χ4n) is 4.60. The Bertz CT molecular complexity index is 1130. The number of rotatable bonds is 12. The lowest BCUT2D eigenvalue weighted by Gasteiger charge is -2.27. The summed E-state index contributed by atoms with van der Waals surface area (Å²) >= 11 is 0. The molecule has 0 saturated heterocycles. The number of benzene rings is 2. The molecule has 0 aliphatic heterocycles. The molecule has 0 fully saturated rings. The van der Waals surface area contributed by atoms with Crippen LogP contribution in [-0.4, -0.2) is 43.2 Å². The van der Waals surface area contributed by atoms with Gasteiger partial charge in [0.2, 0.25) is 5.78 Å². The zero-order valence-electron chi connectivity index (χ0n) is 23.5. The highest BCUT2D eigenvalue weighted by molar-refractivity contribution is 6.23. The molecule has 37 heavy (non-hydrogen) atoms. The number of aliphatic imine (C=N–C) groups is 1. The zero-order valence-corrected chi connectivity index (χ0v) is 23.5. The van der Waals surface area contributed by atoms with E-state index in [0.717, 1.165) is 48.8 Å². The van der Waals surface area contributed by atoms with E-state index in [2.05, 4.69) is 93.2 Å². The average molecular weight is 502 g/mol. The van der Waals surface area contributed by atoms with Crippen molar-refractivity contribution in [2.24, 2.45) is 4.99 Å². The van der Waals surface area contributed by atoms with Crippen LogP contribution in [-0.2, 0) is 4.79 Å². The van der Waals surface area contributed by atoms with Crippen molar-refractivity contribution in [1.82, 2.24) is 5.32 Å². The lowest BCUT2D eigenvalue weighted by Crippen LogP contribution is -2.30. The van der Waals surface area contributed by atoms with Crippen LogP contribution in [0, 0.1) is 0 Å². The van der Waals surface area contributed by atoms with Crippen molar-refractivity contribution in [2.75, 3.05) is 34.8 Å². The number of hydrogen-bond donors (Lipinski definition) is 2. The summed E-state index contributed by atoms with van der Waals surface area (Å²) in [6, 6.07) is 17.4. The standard InChI is InChI=1S/C31H43N5O/c1-8-19-32-28-21-31(37)30(34-25-13-17-27(18-14-25)36(10-3)23(6)7)20-29(28)33-24-11-15-26(16-12-24)35(9-2)22(4)5/h11-18,20-23,32,34H,8-10,19H2,1-7H3/b33-29-. The molecule has 2 N–H and O–H groups in total. The minimum Gasteiger partial charge on any atom is -0.383 e. The smallest absolute Gasteiger partial charge is 0.204 e. The third kappa shape index (κ3) is 7.25. The molecule has 1 aliphatic carbocycles. The van der Waals surface area contributed by atoms with Crippen LogP contribution < -0.4 is 20.4 Å². The van der Waals surface area contributed by atoms with Crippen LogP contribution in [0.3, 0.4) is 0 Å². The maximum absolute atomic E-state index is 13.0. The topological polar surface area (TPSA) is 60.0 Å². The first kappa shape index (κ1) is 28.0. The molecule has 3 rings (SSSR count). The maximum atomic E-state index is 13.0. The van der Waals surface area contributed by atoms with Gasteiger partial charge < -0.3 is 20.4 Å². The van der Waals surface area contributed by atoms with E-state index in [1.807, 2.05) is 30.3 Å². The normalized spacial score (nSPS) is 14.6. The van der Waals surface area contributed by atoms with Gasteiger partial charge in [-0.05, 0) is 103 Å². The van der Waals surface area contributed by atoms with Crippen LogP contribution in [0.5, 0.6) is 0 Å². The molecule has 2 aromatic rings. The minimum absolute atomic E-state index is 0.0649. The van der Waals surface area contributed by atoms with Crippen molar-refractivity contribution in [3.63, 3.8) is 0 Å². The van der Waals surface area contributed by atoms with E-state index in [9.17, 15) is 4.79 Å². The summed E-state index contributed by atoms with van der Waals surface area (Å²) in [5.41, 5.74) is 6.09. The second-order valence-electron chi connectivity index (χ2n) is 9.85. The molecule has 0 saturated carbocycles. The van der Waals surface area contributed by atoms with E-state index in [1.54, 1.807) is 6.08 Å². The van der Waals surface area contributed by atoms with Gasteiger partial charge in [0.25, 0.3) is 0 Å². The van der Waals surface area contributed by atoms with Gasteiger partial charge in [-0.1, -0.05) is 6.92 Å². The van der Waals surface area contributed by atoms with Crippen molar-refractivity contribution in [1.29, 1.82) is 0 Å². The minimum atomic E-state index is -0.0649. The summed E-state index contributed by atoms with van der Waals surface area (Å²) in [5, 5.41) is 6.68. The third-order valence-corrected chi connectivity index (χ3v) is 6.50. The van der Waals surface area contributed by atoms with E-state index < -0.39 is 0 Å². The molecule has 0 amide bonds. The molecule has 2 aromatic carbocycles. The quantitative estimate of drug-likeness (QED) is 0.317. The van der Waals surface area contributed by atoms with Gasteiger partial charge in [-0.15, -0.1) is 0 Å². The molecule has 1 aliphatic rings. The predicted octanol–water partition coefficient (Wildman–Crippen LogP) is 6.69. The first-order chi connectivity index (χ1) is 17.8. The Balaban J connectivity index is 1.87. The van der Waals surface area contributed by atoms with Gasteiger partial charge in [0.1, 0.15) is 0 Å². The van der Waals surface area contributed by atoms with Crippen molar-refractivity contribution in [3.8, 4) is 0 Å². The highest BCUT2D eigenvalue weighted by Crippen LogP contribution is 2.25. The Labute approximate surface area is 223 Å². The molecule has 0 atom stereocenters. The van der Waals surface area contributed by atoms with Crippen molar-refractivity contribution in [2.45, 2.75) is 67.0 Å². The van der Waals surface area contributed by atoms with Crippen LogP contribution in [0.1, 0.15) is 54.9 Å². The highest BCUT2D eigenvalue weighted by atomic mass is 16.1. The number of anilines is 3. The summed E-state index contributed by atoms with van der Waals surface area (Å²) in [5.74, 6) is -0.0649. The van der Waals surface area contributed by atoms with Crippen LogP contribution in [0.25, 0.3) is 0 Å². The van der Waals surface area contributed by atoms with E-state index >= 15 is 0 Å². The fourth-order valence-corrected chi connectivity index (χ4v) is 4.60. The van der Waals surface area contributed by atoms with Gasteiger partial charge in [0.15, 0.2) is 0 Å². The van der Waals surface area contributed by atoms with Crippen LogP contribution >= 0.6 is 0 Å². The Kier molecular flexibility index (Phi) is 9.95. The van der Waals surface area contributed by atoms with Crippen LogP contribution in [0.2, 0.25) is 0 Å². The van der Waals surface area contributed by atoms with Gasteiger partial charge in [-0.2, -0.15) is 0 Å². The van der Waals surface area contributed by atoms with E-state index in [0.29, 0.717) is 17.8 Å². The van der Waals surface area contributed by atoms with E-state index in [4.69, 9.17) is 4.99 Å². The second-order valence-corrected chi connectivity index (χ2v) is 9.85. The van der Waals surface area contributed by atoms with Gasteiger partial charge in [0.05, 0.1) is 22.8 Å². The number of carbonyl (C=O) groups is 1. The Morgan fingerprint density at radius 2 is 1.30 bits per heavy atom. The average Bonchev–Trinajstić information content (AvgIpc) is 2.87. The van der Waals surface area contributed by atoms with Crippen molar-refractivity contribution in [3.05, 3.63) is 72.1 Å². The largest absolute Gasteiger partial charge is 0.383 e. The second kappa shape index (κ2) is 13.1. The monoisotopic (exact) mass is 501 g/mol. The SMILES string of the molecule is CCCNC1=CC(=O)C(Nc2ccc(N(CC)C(C)C)cc2)=C/C1=N/c1ccc(N(CC)C(C)C)cc1. The lowest BCUT2D eigenvalue weighted by molar-refractivity contribution is -0.111. The molecule has 0 bridgehead atoms. The first-order valence-electron chi connectivity index (χ1n) is 13.6. The number of carbonyl (C=O) groups excluding carboxylic acids is 1. The molecule has 0 spiro atoms. The van der Waals surface area contributed by atoms with Crippen LogP contribution in [0.15, 0.2) is 77.1 Å². The maximum Gasteiger partial charge on any atom is 0.204 e. The first-order valence-corrected chi connectivity index (χ1v) is 13.6. The Morgan fingerprint density at radius 1 is 0.757 bits per heavy atom. The van der Waals surface area contributed by atoms with Gasteiger partial charge in [-0.25, -0.2) is 4.99 Å². The number of nitrogens with zero attached hydrogens (tertiary/aromatic N) is 3. The molecular formula is C31H43N5O. The molecule has 0 aromatic heterocycles. The summed E-state index contributed by atoms with van der Waals surface area (Å²) in [6.45, 7) is 17.9. The summed E-state index contributed by atoms with van der Waals surface area (Å²) < 4.78 is 0. The predicted molar refractivity (Wildman–Crippen MR) is 159 cm³/mol. The van der Waals surface area contributed by atoms with Gasteiger partial charge in [-0.3, -0.25) is 4.79 Å². The molecule has 6 nitrogen and oxygen atoms in total. The third-order valence-electron chi connectivity index (χ3n) is 6.50. The molecular weight excluding hydrogens is 458 g/mol. The molecule has 0 unspecified atom stereocenters. The zero-order chi connectivity index (χ0) is 26.9. The van der Waals surface area contributed by atoms with Crippen molar-refractivity contribution >= 4 is 34.2 Å². The number of allylic oxidation sites excluding steroid dienone is 2. The number of nitrogens with one attached hydrogen (secondary N) is 2.